The number of ketones is 1. The van der Waals surface area contributed by atoms with Gasteiger partial charge >= 0.3 is 6.61 Å². The van der Waals surface area contributed by atoms with Gasteiger partial charge in [-0.2, -0.15) is 8.78 Å². The van der Waals surface area contributed by atoms with E-state index in [0.29, 0.717) is 5.56 Å². The molecule has 5 heteroatoms. The van der Waals surface area contributed by atoms with Crippen LogP contribution in [-0.4, -0.2) is 12.4 Å². The summed E-state index contributed by atoms with van der Waals surface area (Å²) in [5.74, 6) is -0.0291. The molecule has 88 valence electrons. The van der Waals surface area contributed by atoms with Gasteiger partial charge in [0.1, 0.15) is 11.5 Å². The largest absolute Gasteiger partial charge is 0.435 e. The topological polar surface area (TPSA) is 26.3 Å². The van der Waals surface area contributed by atoms with E-state index >= 15 is 0 Å². The third-order valence-electron chi connectivity index (χ3n) is 2.11. The predicted molar refractivity (Wildman–Crippen MR) is 60.2 cm³/mol. The normalized spacial score (nSPS) is 12.6. The molecule has 0 N–H and O–H groups in total. The van der Waals surface area contributed by atoms with Crippen LogP contribution in [0.25, 0.3) is 0 Å². The zero-order chi connectivity index (χ0) is 12.3. The molecule has 0 amide bonds. The van der Waals surface area contributed by atoms with Crippen molar-refractivity contribution in [1.82, 2.24) is 0 Å². The summed E-state index contributed by atoms with van der Waals surface area (Å²) in [6.07, 6.45) is 0. The van der Waals surface area contributed by atoms with E-state index in [9.17, 15) is 13.6 Å². The first-order chi connectivity index (χ1) is 7.41. The summed E-state index contributed by atoms with van der Waals surface area (Å²) in [4.78, 5) is 10.7. The highest BCUT2D eigenvalue weighted by molar-refractivity contribution is 9.09. The minimum absolute atomic E-state index is 0.0568. The number of ether oxygens (including phenoxy) is 1. The summed E-state index contributed by atoms with van der Waals surface area (Å²) >= 11 is 3.21. The van der Waals surface area contributed by atoms with Crippen LogP contribution in [0.5, 0.6) is 5.75 Å². The van der Waals surface area contributed by atoms with Gasteiger partial charge in [-0.15, -0.1) is 0 Å². The Bertz CT molecular complexity index is 394. The van der Waals surface area contributed by atoms with Crippen LogP contribution in [0, 0.1) is 6.92 Å². The quantitative estimate of drug-likeness (QED) is 0.792. The number of rotatable bonds is 4. The van der Waals surface area contributed by atoms with E-state index in [4.69, 9.17) is 0 Å². The monoisotopic (exact) mass is 292 g/mol. The van der Waals surface area contributed by atoms with Crippen LogP contribution in [0.3, 0.4) is 0 Å². The second-order valence-corrected chi connectivity index (χ2v) is 4.29. The van der Waals surface area contributed by atoms with Crippen molar-refractivity contribution < 1.29 is 18.3 Å². The predicted octanol–water partition coefficient (Wildman–Crippen LogP) is 3.62. The fourth-order valence-electron chi connectivity index (χ4n) is 1.29. The number of carbonyl (C=O) groups excluding carboxylic acids is 1. The van der Waals surface area contributed by atoms with Crippen molar-refractivity contribution in [3.05, 3.63) is 29.3 Å². The molecule has 0 heterocycles. The van der Waals surface area contributed by atoms with E-state index in [1.165, 1.54) is 19.1 Å². The zero-order valence-corrected chi connectivity index (χ0v) is 10.4. The molecular formula is C11H11BrF2O2. The molecule has 0 aliphatic carbocycles. The first-order valence-electron chi connectivity index (χ1n) is 4.61. The van der Waals surface area contributed by atoms with Gasteiger partial charge < -0.3 is 4.74 Å². The van der Waals surface area contributed by atoms with Gasteiger partial charge in [-0.05, 0) is 37.1 Å². The highest BCUT2D eigenvalue weighted by Crippen LogP contribution is 2.30. The molecule has 0 aliphatic heterocycles. The zero-order valence-electron chi connectivity index (χ0n) is 8.84. The summed E-state index contributed by atoms with van der Waals surface area (Å²) in [7, 11) is 0. The van der Waals surface area contributed by atoms with Crippen LogP contribution in [-0.2, 0) is 4.79 Å². The minimum Gasteiger partial charge on any atom is -0.435 e. The number of aryl methyl sites for hydroxylation is 1. The summed E-state index contributed by atoms with van der Waals surface area (Å²) in [6, 6.07) is 4.54. The van der Waals surface area contributed by atoms with Crippen molar-refractivity contribution >= 4 is 21.7 Å². The lowest BCUT2D eigenvalue weighted by atomic mass is 10.0. The van der Waals surface area contributed by atoms with E-state index in [2.05, 4.69) is 20.7 Å². The molecule has 0 saturated carbocycles. The van der Waals surface area contributed by atoms with Crippen LogP contribution >= 0.6 is 15.9 Å². The molecule has 1 aromatic rings. The van der Waals surface area contributed by atoms with E-state index < -0.39 is 11.4 Å². The molecule has 1 unspecified atom stereocenters. The number of halogens is 3. The maximum Gasteiger partial charge on any atom is 0.387 e. The summed E-state index contributed by atoms with van der Waals surface area (Å²) in [6.45, 7) is 0.375. The molecule has 2 nitrogen and oxygen atoms in total. The molecule has 16 heavy (non-hydrogen) atoms. The Kier molecular flexibility index (Phi) is 4.41. The van der Waals surface area contributed by atoms with Gasteiger partial charge in [-0.25, -0.2) is 0 Å². The highest BCUT2D eigenvalue weighted by atomic mass is 79.9. The van der Waals surface area contributed by atoms with Crippen LogP contribution in [0.1, 0.15) is 22.9 Å². The van der Waals surface area contributed by atoms with Gasteiger partial charge in [-0.1, -0.05) is 22.0 Å². The molecule has 0 spiro atoms. The fraction of sp³-hybridized carbons (Fsp3) is 0.364. The van der Waals surface area contributed by atoms with E-state index in [-0.39, 0.29) is 11.5 Å². The van der Waals surface area contributed by atoms with Crippen molar-refractivity contribution in [3.8, 4) is 5.75 Å². The van der Waals surface area contributed by atoms with Crippen molar-refractivity contribution in [3.63, 3.8) is 0 Å². The number of hydrogen-bond acceptors (Lipinski definition) is 2. The SMILES string of the molecule is CC(=O)C(Br)c1cc(OC(F)F)ccc1C. The van der Waals surface area contributed by atoms with Gasteiger partial charge in [0.25, 0.3) is 0 Å². The van der Waals surface area contributed by atoms with E-state index in [1.54, 1.807) is 13.0 Å². The number of alkyl halides is 3. The second-order valence-electron chi connectivity index (χ2n) is 3.37. The molecule has 1 rings (SSSR count). The Balaban J connectivity index is 3.03. The standard InChI is InChI=1S/C11H11BrF2O2/c1-6-3-4-8(16-11(13)14)5-9(6)10(12)7(2)15/h3-5,10-11H,1-2H3. The molecule has 0 radical (unpaired) electrons. The van der Waals surface area contributed by atoms with Crippen molar-refractivity contribution in [1.29, 1.82) is 0 Å². The highest BCUT2D eigenvalue weighted by Gasteiger charge is 2.16. The van der Waals surface area contributed by atoms with Gasteiger partial charge in [0.15, 0.2) is 0 Å². The number of benzene rings is 1. The molecule has 0 aromatic heterocycles. The average Bonchev–Trinajstić information content (AvgIpc) is 2.19. The van der Waals surface area contributed by atoms with E-state index in [1.807, 2.05) is 0 Å². The Hall–Kier alpha value is -0.970. The lowest BCUT2D eigenvalue weighted by Crippen LogP contribution is -2.06. The van der Waals surface area contributed by atoms with Crippen LogP contribution in [0.15, 0.2) is 18.2 Å². The maximum absolute atomic E-state index is 12.0. The lowest BCUT2D eigenvalue weighted by molar-refractivity contribution is -0.116. The summed E-state index contributed by atoms with van der Waals surface area (Å²) in [5, 5.41) is 0. The molecule has 0 aliphatic rings. The third-order valence-corrected chi connectivity index (χ3v) is 3.24. The molecule has 1 aromatic carbocycles. The number of hydrogen-bond donors (Lipinski definition) is 0. The smallest absolute Gasteiger partial charge is 0.387 e. The first-order valence-corrected chi connectivity index (χ1v) is 5.53. The Morgan fingerprint density at radius 3 is 2.56 bits per heavy atom. The number of carbonyl (C=O) groups is 1. The maximum atomic E-state index is 12.0. The Morgan fingerprint density at radius 1 is 1.44 bits per heavy atom. The number of Topliss-reactive ketones (excluding diaryl/α,β-unsaturated/α-hetero) is 1. The Morgan fingerprint density at radius 2 is 2.06 bits per heavy atom. The van der Waals surface area contributed by atoms with Crippen molar-refractivity contribution in [2.45, 2.75) is 25.3 Å². The summed E-state index contributed by atoms with van der Waals surface area (Å²) in [5.41, 5.74) is 1.49. The van der Waals surface area contributed by atoms with Crippen molar-refractivity contribution in [2.24, 2.45) is 0 Å². The molecule has 0 bridgehead atoms. The van der Waals surface area contributed by atoms with Gasteiger partial charge in [0.05, 0.1) is 4.83 Å². The summed E-state index contributed by atoms with van der Waals surface area (Å²) < 4.78 is 28.3. The van der Waals surface area contributed by atoms with Gasteiger partial charge in [0.2, 0.25) is 0 Å². The Labute approximate surface area is 101 Å². The first kappa shape index (κ1) is 13.1. The molecular weight excluding hydrogens is 282 g/mol. The minimum atomic E-state index is -2.86. The molecule has 0 fully saturated rings. The van der Waals surface area contributed by atoms with Gasteiger partial charge in [0, 0.05) is 0 Å². The molecule has 1 atom stereocenters. The lowest BCUT2D eigenvalue weighted by Gasteiger charge is -2.12. The second kappa shape index (κ2) is 5.39. The van der Waals surface area contributed by atoms with E-state index in [0.717, 1.165) is 5.56 Å². The van der Waals surface area contributed by atoms with Crippen LogP contribution in [0.4, 0.5) is 8.78 Å². The third kappa shape index (κ3) is 3.27. The average molecular weight is 293 g/mol. The van der Waals surface area contributed by atoms with Crippen LogP contribution in [0.2, 0.25) is 0 Å². The van der Waals surface area contributed by atoms with Crippen LogP contribution < -0.4 is 4.74 Å². The van der Waals surface area contributed by atoms with Gasteiger partial charge in [-0.3, -0.25) is 4.79 Å². The fourth-order valence-corrected chi connectivity index (χ4v) is 1.78. The molecule has 0 saturated heterocycles. The van der Waals surface area contributed by atoms with Crippen molar-refractivity contribution in [2.75, 3.05) is 0 Å².